The average molecular weight is 446 g/mol. The van der Waals surface area contributed by atoms with Crippen LogP contribution < -0.4 is 20.8 Å². The van der Waals surface area contributed by atoms with E-state index in [1.54, 1.807) is 26.5 Å². The molecule has 0 saturated heterocycles. The van der Waals surface area contributed by atoms with Gasteiger partial charge in [0.1, 0.15) is 10.8 Å². The van der Waals surface area contributed by atoms with Gasteiger partial charge >= 0.3 is 0 Å². The van der Waals surface area contributed by atoms with Crippen LogP contribution in [0.15, 0.2) is 52.3 Å². The summed E-state index contributed by atoms with van der Waals surface area (Å²) in [6.45, 7) is 0. The lowest BCUT2D eigenvalue weighted by Crippen LogP contribution is -2.16. The van der Waals surface area contributed by atoms with Gasteiger partial charge in [0, 0.05) is 23.8 Å². The first-order valence-corrected chi connectivity index (χ1v) is 10.6. The molecule has 0 radical (unpaired) electrons. The third-order valence-electron chi connectivity index (χ3n) is 5.19. The van der Waals surface area contributed by atoms with Gasteiger partial charge in [-0.05, 0) is 29.8 Å². The Labute approximate surface area is 187 Å². The van der Waals surface area contributed by atoms with E-state index < -0.39 is 5.56 Å². The van der Waals surface area contributed by atoms with Crippen molar-refractivity contribution in [1.82, 2.24) is 14.6 Å². The zero-order valence-electron chi connectivity index (χ0n) is 17.4. The number of nitrogen functional groups attached to an aromatic ring is 1. The van der Waals surface area contributed by atoms with E-state index in [1.165, 1.54) is 15.9 Å². The molecule has 8 nitrogen and oxygen atoms in total. The van der Waals surface area contributed by atoms with Crippen LogP contribution in [0.25, 0.3) is 16.6 Å². The summed E-state index contributed by atoms with van der Waals surface area (Å²) in [6.07, 6.45) is 3.99. The number of nitrogens with zero attached hydrogens (tertiary/aromatic N) is 4. The predicted octanol–water partition coefficient (Wildman–Crippen LogP) is 3.60. The van der Waals surface area contributed by atoms with Gasteiger partial charge in [0.15, 0.2) is 11.5 Å². The summed E-state index contributed by atoms with van der Waals surface area (Å²) in [5.41, 5.74) is 9.86. The number of hydrogen-bond donors (Lipinski definition) is 1. The molecule has 2 N–H and O–H groups in total. The van der Waals surface area contributed by atoms with Gasteiger partial charge in [-0.3, -0.25) is 9.79 Å². The first-order valence-electron chi connectivity index (χ1n) is 9.81. The van der Waals surface area contributed by atoms with Crippen LogP contribution in [0.2, 0.25) is 0 Å². The monoisotopic (exact) mass is 445 g/mol. The molecule has 0 fully saturated rings. The van der Waals surface area contributed by atoms with Crippen molar-refractivity contribution in [2.24, 2.45) is 4.99 Å². The highest BCUT2D eigenvalue weighted by molar-refractivity contribution is 7.16. The number of aliphatic imine (C=N–C) groups is 1. The fraction of sp³-hybridized carbons (Fsp3) is 0.130. The van der Waals surface area contributed by atoms with Gasteiger partial charge in [-0.2, -0.15) is 14.6 Å². The normalized spacial score (nSPS) is 13.6. The Balaban J connectivity index is 1.52. The molecule has 4 aromatic rings. The first-order chi connectivity index (χ1) is 15.6. The summed E-state index contributed by atoms with van der Waals surface area (Å²) in [7, 11) is 3.19. The molecule has 5 rings (SSSR count). The highest BCUT2D eigenvalue weighted by atomic mass is 32.1. The number of aromatic nitrogens is 3. The van der Waals surface area contributed by atoms with E-state index in [0.29, 0.717) is 28.4 Å². The zero-order valence-corrected chi connectivity index (χ0v) is 18.2. The van der Waals surface area contributed by atoms with Gasteiger partial charge in [-0.25, -0.2) is 0 Å². The lowest BCUT2D eigenvalue weighted by atomic mass is 10.1. The Morgan fingerprint density at radius 3 is 2.75 bits per heavy atom. The topological polar surface area (TPSA) is 104 Å². The Morgan fingerprint density at radius 2 is 1.94 bits per heavy atom. The van der Waals surface area contributed by atoms with Gasteiger partial charge in [0.2, 0.25) is 4.96 Å². The number of benzene rings is 2. The Bertz CT molecular complexity index is 1470. The van der Waals surface area contributed by atoms with Crippen LogP contribution in [0.1, 0.15) is 21.7 Å². The van der Waals surface area contributed by atoms with Crippen LogP contribution in [0.5, 0.6) is 11.5 Å². The van der Waals surface area contributed by atoms with Crippen LogP contribution in [-0.2, 0) is 6.42 Å². The lowest BCUT2D eigenvalue weighted by molar-refractivity contribution is 0.354. The van der Waals surface area contributed by atoms with Crippen LogP contribution in [0.3, 0.4) is 0 Å². The number of anilines is 1. The molecule has 0 saturated carbocycles. The van der Waals surface area contributed by atoms with E-state index in [9.17, 15) is 4.79 Å². The minimum absolute atomic E-state index is 0.250. The molecular weight excluding hydrogens is 426 g/mol. The summed E-state index contributed by atoms with van der Waals surface area (Å²) in [5, 5.41) is 5.37. The van der Waals surface area contributed by atoms with Crippen molar-refractivity contribution < 1.29 is 9.47 Å². The zero-order chi connectivity index (χ0) is 22.2. The molecule has 0 spiro atoms. The minimum atomic E-state index is -0.394. The third kappa shape index (κ3) is 3.42. The second-order valence-electron chi connectivity index (χ2n) is 7.15. The molecule has 0 bridgehead atoms. The van der Waals surface area contributed by atoms with Crippen molar-refractivity contribution in [2.45, 2.75) is 6.42 Å². The maximum absolute atomic E-state index is 12.7. The largest absolute Gasteiger partial charge is 0.493 e. The van der Waals surface area contributed by atoms with Gasteiger partial charge in [0.05, 0.1) is 25.5 Å². The number of ether oxygens (including phenoxy) is 2. The summed E-state index contributed by atoms with van der Waals surface area (Å²) >= 11 is 1.33. The van der Waals surface area contributed by atoms with Crippen LogP contribution in [0.4, 0.5) is 11.5 Å². The molecule has 2 aromatic heterocycles. The smallest absolute Gasteiger partial charge is 0.283 e. The quantitative estimate of drug-likeness (QED) is 0.503. The van der Waals surface area contributed by atoms with E-state index in [2.05, 4.69) is 15.1 Å². The fourth-order valence-electron chi connectivity index (χ4n) is 3.60. The predicted molar refractivity (Wildman–Crippen MR) is 126 cm³/mol. The number of para-hydroxylation sites is 1. The van der Waals surface area contributed by atoms with Crippen LogP contribution in [0, 0.1) is 0 Å². The molecule has 0 unspecified atom stereocenters. The summed E-state index contributed by atoms with van der Waals surface area (Å²) < 4.78 is 12.2. The Morgan fingerprint density at radius 1 is 1.12 bits per heavy atom. The van der Waals surface area contributed by atoms with Crippen molar-refractivity contribution in [2.75, 3.05) is 20.0 Å². The van der Waals surface area contributed by atoms with Crippen molar-refractivity contribution in [3.05, 3.63) is 74.5 Å². The highest BCUT2D eigenvalue weighted by Crippen LogP contribution is 2.33. The summed E-state index contributed by atoms with van der Waals surface area (Å²) in [5.74, 6) is 1.55. The van der Waals surface area contributed by atoms with Crippen LogP contribution in [-0.4, -0.2) is 35.0 Å². The number of methoxy groups -OCH3 is 2. The second-order valence-corrected chi connectivity index (χ2v) is 8.19. The molecule has 32 heavy (non-hydrogen) atoms. The van der Waals surface area contributed by atoms with Gasteiger partial charge < -0.3 is 15.2 Å². The lowest BCUT2D eigenvalue weighted by Gasteiger charge is -2.08. The van der Waals surface area contributed by atoms with Crippen molar-refractivity contribution >= 4 is 45.7 Å². The second kappa shape index (κ2) is 7.93. The molecule has 0 atom stereocenters. The molecular formula is C23H19N5O3S. The van der Waals surface area contributed by atoms with E-state index >= 15 is 0 Å². The maximum atomic E-state index is 12.7. The molecule has 2 aromatic carbocycles. The molecule has 1 aliphatic rings. The van der Waals surface area contributed by atoms with E-state index in [0.717, 1.165) is 27.4 Å². The molecule has 0 aliphatic carbocycles. The average Bonchev–Trinajstić information content (AvgIpc) is 3.40. The minimum Gasteiger partial charge on any atom is -0.493 e. The van der Waals surface area contributed by atoms with Gasteiger partial charge in [-0.15, -0.1) is 0 Å². The molecule has 9 heteroatoms. The third-order valence-corrected chi connectivity index (χ3v) is 6.10. The summed E-state index contributed by atoms with van der Waals surface area (Å²) in [4.78, 5) is 21.8. The van der Waals surface area contributed by atoms with Crippen molar-refractivity contribution in [3.63, 3.8) is 0 Å². The number of rotatable bonds is 5. The van der Waals surface area contributed by atoms with Crippen molar-refractivity contribution in [1.29, 1.82) is 0 Å². The maximum Gasteiger partial charge on any atom is 0.283 e. The van der Waals surface area contributed by atoms with Gasteiger partial charge in [0.25, 0.3) is 5.56 Å². The number of fused-ring (bicyclic) bond motifs is 2. The van der Waals surface area contributed by atoms with Gasteiger partial charge in [-0.1, -0.05) is 35.6 Å². The van der Waals surface area contributed by atoms with E-state index in [-0.39, 0.29) is 5.82 Å². The SMILES string of the molecule is COc1ccc(Cc2nn3c(N)c(C=C4C=Nc5ccccc54)c(=O)nc3s2)cc1OC. The molecule has 3 heterocycles. The Hall–Kier alpha value is -3.98. The number of nitrogens with two attached hydrogens (primary N) is 1. The van der Waals surface area contributed by atoms with E-state index in [1.807, 2.05) is 42.5 Å². The highest BCUT2D eigenvalue weighted by Gasteiger charge is 2.17. The number of allylic oxidation sites excluding steroid dienone is 1. The molecule has 1 aliphatic heterocycles. The standard InChI is InChI=1S/C23H19N5O3S/c1-30-18-8-7-13(9-19(18)31-2)10-20-27-28-21(24)16(22(29)26-23(28)32-20)11-14-12-25-17-6-4-3-5-15(14)17/h3-9,11-12H,10,24H2,1-2H3. The van der Waals surface area contributed by atoms with Crippen molar-refractivity contribution in [3.8, 4) is 11.5 Å². The number of hydrogen-bond acceptors (Lipinski definition) is 8. The molecule has 0 amide bonds. The Kier molecular flexibility index (Phi) is 4.95. The fourth-order valence-corrected chi connectivity index (χ4v) is 4.53. The summed E-state index contributed by atoms with van der Waals surface area (Å²) in [6, 6.07) is 13.4. The first kappa shape index (κ1) is 20.0. The molecule has 160 valence electrons. The van der Waals surface area contributed by atoms with E-state index in [4.69, 9.17) is 15.2 Å². The van der Waals surface area contributed by atoms with Crippen LogP contribution >= 0.6 is 11.3 Å².